The molecule has 0 aliphatic carbocycles. The number of anilines is 1. The molecule has 0 radical (unpaired) electrons. The minimum absolute atomic E-state index is 0.0371. The van der Waals surface area contributed by atoms with Crippen LogP contribution in [0.2, 0.25) is 0 Å². The molecule has 3 aromatic rings. The number of hydrogen-bond donors (Lipinski definition) is 2. The number of para-hydroxylation sites is 1. The summed E-state index contributed by atoms with van der Waals surface area (Å²) in [6.07, 6.45) is 2.44. The van der Waals surface area contributed by atoms with Gasteiger partial charge in [0, 0.05) is 5.69 Å². The van der Waals surface area contributed by atoms with Crippen molar-refractivity contribution in [1.29, 1.82) is 0 Å². The second kappa shape index (κ2) is 10.3. The van der Waals surface area contributed by atoms with E-state index in [-0.39, 0.29) is 24.0 Å². The molecule has 0 bridgehead atoms. The van der Waals surface area contributed by atoms with Crippen LogP contribution in [0.3, 0.4) is 0 Å². The lowest BCUT2D eigenvalue weighted by Gasteiger charge is -2.15. The van der Waals surface area contributed by atoms with Gasteiger partial charge in [-0.15, -0.1) is 0 Å². The maximum Gasteiger partial charge on any atom is 0.262 e. The number of rotatable bonds is 10. The maximum atomic E-state index is 12.5. The first-order valence-corrected chi connectivity index (χ1v) is 11.5. The van der Waals surface area contributed by atoms with Crippen molar-refractivity contribution in [1.82, 2.24) is 4.72 Å². The number of nitrogens with one attached hydrogen (secondary N) is 2. The van der Waals surface area contributed by atoms with Crippen molar-refractivity contribution in [2.24, 2.45) is 0 Å². The van der Waals surface area contributed by atoms with E-state index in [0.717, 1.165) is 12.0 Å². The summed E-state index contributed by atoms with van der Waals surface area (Å²) in [6, 6.07) is 17.0. The topological polar surface area (TPSA) is 97.6 Å². The van der Waals surface area contributed by atoms with E-state index in [0.29, 0.717) is 23.1 Å². The summed E-state index contributed by atoms with van der Waals surface area (Å²) < 4.78 is 38.4. The number of ether oxygens (including phenoxy) is 1. The number of benzene rings is 2. The quantitative estimate of drug-likeness (QED) is 0.488. The van der Waals surface area contributed by atoms with Gasteiger partial charge in [0.05, 0.1) is 17.7 Å². The fraction of sp³-hybridized carbons (Fsp3) is 0.261. The lowest BCUT2D eigenvalue weighted by molar-refractivity contribution is -0.118. The van der Waals surface area contributed by atoms with E-state index in [9.17, 15) is 13.2 Å². The Morgan fingerprint density at radius 3 is 2.65 bits per heavy atom. The van der Waals surface area contributed by atoms with Crippen LogP contribution in [0.15, 0.2) is 76.2 Å². The molecule has 7 nitrogen and oxygen atoms in total. The fourth-order valence-electron chi connectivity index (χ4n) is 2.98. The molecule has 2 N–H and O–H groups in total. The first-order valence-electron chi connectivity index (χ1n) is 10.0. The SMILES string of the molecule is CCC(C)c1ccccc1OCC(=O)Nc1cccc(S(=O)(=O)NCc2ccco2)c1. The third kappa shape index (κ3) is 6.19. The van der Waals surface area contributed by atoms with Crippen LogP contribution < -0.4 is 14.8 Å². The van der Waals surface area contributed by atoms with Crippen LogP contribution in [0.1, 0.15) is 37.5 Å². The van der Waals surface area contributed by atoms with Crippen molar-refractivity contribution in [2.45, 2.75) is 37.6 Å². The van der Waals surface area contributed by atoms with Crippen LogP contribution >= 0.6 is 0 Å². The molecular weight excluding hydrogens is 416 g/mol. The molecule has 1 amide bonds. The van der Waals surface area contributed by atoms with E-state index in [2.05, 4.69) is 23.9 Å². The summed E-state index contributed by atoms with van der Waals surface area (Å²) in [6.45, 7) is 4.06. The van der Waals surface area contributed by atoms with Crippen LogP contribution in [-0.2, 0) is 21.4 Å². The van der Waals surface area contributed by atoms with Gasteiger partial charge in [-0.2, -0.15) is 0 Å². The highest BCUT2D eigenvalue weighted by atomic mass is 32.2. The van der Waals surface area contributed by atoms with Crippen LogP contribution in [0, 0.1) is 0 Å². The van der Waals surface area contributed by atoms with Gasteiger partial charge in [0.2, 0.25) is 10.0 Å². The standard InChI is InChI=1S/C23H26N2O5S/c1-3-17(2)21-11-4-5-12-22(21)30-16-23(26)25-18-8-6-10-20(14-18)31(27,28)24-15-19-9-7-13-29-19/h4-14,17,24H,3,15-16H2,1-2H3,(H,25,26). The van der Waals surface area contributed by atoms with Gasteiger partial charge in [-0.25, -0.2) is 13.1 Å². The molecule has 0 saturated heterocycles. The van der Waals surface area contributed by atoms with Gasteiger partial charge in [0.25, 0.3) is 5.91 Å². The summed E-state index contributed by atoms with van der Waals surface area (Å²) in [7, 11) is -3.76. The van der Waals surface area contributed by atoms with E-state index in [1.807, 2.05) is 24.3 Å². The average molecular weight is 443 g/mol. The first kappa shape index (κ1) is 22.6. The van der Waals surface area contributed by atoms with E-state index in [1.165, 1.54) is 18.4 Å². The van der Waals surface area contributed by atoms with Crippen LogP contribution in [0.25, 0.3) is 0 Å². The average Bonchev–Trinajstić information content (AvgIpc) is 3.30. The summed E-state index contributed by atoms with van der Waals surface area (Å²) in [4.78, 5) is 12.4. The third-order valence-electron chi connectivity index (χ3n) is 4.87. The minimum atomic E-state index is -3.76. The van der Waals surface area contributed by atoms with Crippen molar-refractivity contribution in [3.8, 4) is 5.75 Å². The van der Waals surface area contributed by atoms with Crippen molar-refractivity contribution >= 4 is 21.6 Å². The predicted molar refractivity (Wildman–Crippen MR) is 118 cm³/mol. The number of hydrogen-bond acceptors (Lipinski definition) is 5. The van der Waals surface area contributed by atoms with Crippen molar-refractivity contribution in [2.75, 3.05) is 11.9 Å². The fourth-order valence-corrected chi connectivity index (χ4v) is 4.02. The van der Waals surface area contributed by atoms with Crippen LogP contribution in [0.5, 0.6) is 5.75 Å². The lowest BCUT2D eigenvalue weighted by Crippen LogP contribution is -2.24. The number of carbonyl (C=O) groups is 1. The maximum absolute atomic E-state index is 12.5. The lowest BCUT2D eigenvalue weighted by atomic mass is 9.98. The Balaban J connectivity index is 1.61. The van der Waals surface area contributed by atoms with Crippen molar-refractivity contribution in [3.63, 3.8) is 0 Å². The van der Waals surface area contributed by atoms with Crippen molar-refractivity contribution < 1.29 is 22.4 Å². The first-order chi connectivity index (χ1) is 14.9. The Hall–Kier alpha value is -3.10. The zero-order valence-electron chi connectivity index (χ0n) is 17.5. The second-order valence-electron chi connectivity index (χ2n) is 7.12. The zero-order valence-corrected chi connectivity index (χ0v) is 18.3. The molecule has 3 rings (SSSR count). The van der Waals surface area contributed by atoms with Crippen molar-refractivity contribution in [3.05, 3.63) is 78.3 Å². The number of carbonyl (C=O) groups excluding carboxylic acids is 1. The summed E-state index contributed by atoms with van der Waals surface area (Å²) in [5, 5.41) is 2.68. The van der Waals surface area contributed by atoms with Gasteiger partial charge >= 0.3 is 0 Å². The molecule has 1 unspecified atom stereocenters. The van der Waals surface area contributed by atoms with E-state index >= 15 is 0 Å². The van der Waals surface area contributed by atoms with Gasteiger partial charge in [-0.3, -0.25) is 4.79 Å². The third-order valence-corrected chi connectivity index (χ3v) is 6.26. The monoisotopic (exact) mass is 442 g/mol. The molecule has 0 spiro atoms. The highest BCUT2D eigenvalue weighted by molar-refractivity contribution is 7.89. The number of sulfonamides is 1. The van der Waals surface area contributed by atoms with E-state index in [4.69, 9.17) is 9.15 Å². The van der Waals surface area contributed by atoms with Crippen LogP contribution in [-0.4, -0.2) is 20.9 Å². The Morgan fingerprint density at radius 1 is 1.10 bits per heavy atom. The molecule has 0 saturated carbocycles. The predicted octanol–water partition coefficient (Wildman–Crippen LogP) is 4.29. The highest BCUT2D eigenvalue weighted by Gasteiger charge is 2.16. The second-order valence-corrected chi connectivity index (χ2v) is 8.88. The molecule has 2 aromatic carbocycles. The summed E-state index contributed by atoms with van der Waals surface area (Å²) >= 11 is 0. The summed E-state index contributed by atoms with van der Waals surface area (Å²) in [5.74, 6) is 1.11. The minimum Gasteiger partial charge on any atom is -0.483 e. The normalized spacial score (nSPS) is 12.3. The van der Waals surface area contributed by atoms with E-state index < -0.39 is 10.0 Å². The smallest absolute Gasteiger partial charge is 0.262 e. The molecule has 31 heavy (non-hydrogen) atoms. The van der Waals surface area contributed by atoms with Gasteiger partial charge in [-0.05, 0) is 54.3 Å². The van der Waals surface area contributed by atoms with Gasteiger partial charge in [0.1, 0.15) is 11.5 Å². The summed E-state index contributed by atoms with van der Waals surface area (Å²) in [5.41, 5.74) is 1.42. The molecule has 8 heteroatoms. The Bertz CT molecular complexity index is 1110. The molecule has 1 atom stereocenters. The Labute approximate surface area is 182 Å². The Morgan fingerprint density at radius 2 is 1.90 bits per heavy atom. The molecule has 1 aromatic heterocycles. The molecule has 1 heterocycles. The van der Waals surface area contributed by atoms with E-state index in [1.54, 1.807) is 24.3 Å². The Kier molecular flexibility index (Phi) is 7.49. The largest absolute Gasteiger partial charge is 0.483 e. The molecular formula is C23H26N2O5S. The number of furan rings is 1. The molecule has 0 aliphatic rings. The van der Waals surface area contributed by atoms with Gasteiger partial charge in [0.15, 0.2) is 6.61 Å². The van der Waals surface area contributed by atoms with Gasteiger partial charge in [-0.1, -0.05) is 38.1 Å². The number of amides is 1. The van der Waals surface area contributed by atoms with Gasteiger partial charge < -0.3 is 14.5 Å². The zero-order chi connectivity index (χ0) is 22.3. The highest BCUT2D eigenvalue weighted by Crippen LogP contribution is 2.28. The molecule has 164 valence electrons. The molecule has 0 aliphatic heterocycles. The van der Waals surface area contributed by atoms with Crippen LogP contribution in [0.4, 0.5) is 5.69 Å². The molecule has 0 fully saturated rings.